The van der Waals surface area contributed by atoms with E-state index < -0.39 is 0 Å². The fourth-order valence-corrected chi connectivity index (χ4v) is 0.946. The molecule has 0 aromatic carbocycles. The lowest BCUT2D eigenvalue weighted by atomic mass is 9.81. The van der Waals surface area contributed by atoms with E-state index in [0.29, 0.717) is 6.54 Å². The molecule has 4 heteroatoms. The van der Waals surface area contributed by atoms with E-state index in [1.54, 1.807) is 0 Å². The first-order valence-electron chi connectivity index (χ1n) is 3.71. The lowest BCUT2D eigenvalue weighted by Crippen LogP contribution is -2.35. The van der Waals surface area contributed by atoms with Gasteiger partial charge >= 0.3 is 5.97 Å². The quantitative estimate of drug-likeness (QED) is 0.674. The van der Waals surface area contributed by atoms with E-state index in [0.717, 1.165) is 0 Å². The van der Waals surface area contributed by atoms with Gasteiger partial charge in [-0.25, -0.2) is 0 Å². The molecule has 0 saturated heterocycles. The number of methoxy groups -OCH3 is 1. The molecule has 0 aromatic rings. The van der Waals surface area contributed by atoms with Crippen molar-refractivity contribution in [2.75, 3.05) is 13.7 Å². The Hall–Kier alpha value is -0.280. The molecule has 0 amide bonds. The van der Waals surface area contributed by atoms with Gasteiger partial charge in [0, 0.05) is 6.54 Å². The Morgan fingerprint density at radius 3 is 2.00 bits per heavy atom. The summed E-state index contributed by atoms with van der Waals surface area (Å²) in [5, 5.41) is 0. The standard InChI is InChI=1S/C8H17NO2.ClH/c1-8(2,3)6(5-9)7(10)11-4;/h6H,5,9H2,1-4H3;1H. The molecule has 0 bridgehead atoms. The number of esters is 1. The average molecular weight is 196 g/mol. The number of nitrogens with two attached hydrogens (primary N) is 1. The van der Waals surface area contributed by atoms with E-state index >= 15 is 0 Å². The van der Waals surface area contributed by atoms with Crippen LogP contribution < -0.4 is 5.73 Å². The molecule has 2 N–H and O–H groups in total. The fourth-order valence-electron chi connectivity index (χ4n) is 0.946. The lowest BCUT2D eigenvalue weighted by molar-refractivity contribution is -0.148. The summed E-state index contributed by atoms with van der Waals surface area (Å²) in [5.74, 6) is -0.424. The molecule has 0 aliphatic carbocycles. The highest BCUT2D eigenvalue weighted by Gasteiger charge is 2.30. The van der Waals surface area contributed by atoms with Crippen LogP contribution in [0.1, 0.15) is 20.8 Å². The van der Waals surface area contributed by atoms with Crippen molar-refractivity contribution >= 4 is 18.4 Å². The molecule has 0 heterocycles. The molecule has 0 aliphatic rings. The second-order valence-electron chi connectivity index (χ2n) is 3.68. The molecule has 12 heavy (non-hydrogen) atoms. The maximum Gasteiger partial charge on any atom is 0.310 e. The highest BCUT2D eigenvalue weighted by molar-refractivity contribution is 5.85. The summed E-state index contributed by atoms with van der Waals surface area (Å²) in [6.45, 7) is 6.26. The topological polar surface area (TPSA) is 52.3 Å². The molecular weight excluding hydrogens is 178 g/mol. The number of hydrogen-bond donors (Lipinski definition) is 1. The summed E-state index contributed by atoms with van der Waals surface area (Å²) >= 11 is 0. The number of carbonyl (C=O) groups excluding carboxylic acids is 1. The Labute approximate surface area is 80.1 Å². The molecule has 0 aromatic heterocycles. The number of carbonyl (C=O) groups is 1. The van der Waals surface area contributed by atoms with Crippen LogP contribution in [0.4, 0.5) is 0 Å². The van der Waals surface area contributed by atoms with E-state index in [1.165, 1.54) is 7.11 Å². The van der Waals surface area contributed by atoms with Gasteiger partial charge in [0.15, 0.2) is 0 Å². The molecule has 0 radical (unpaired) electrons. The normalized spacial score (nSPS) is 13.1. The number of ether oxygens (including phenoxy) is 1. The highest BCUT2D eigenvalue weighted by atomic mass is 35.5. The molecule has 1 unspecified atom stereocenters. The van der Waals surface area contributed by atoms with E-state index in [1.807, 2.05) is 20.8 Å². The zero-order valence-corrected chi connectivity index (χ0v) is 8.90. The largest absolute Gasteiger partial charge is 0.469 e. The van der Waals surface area contributed by atoms with Crippen molar-refractivity contribution in [1.29, 1.82) is 0 Å². The smallest absolute Gasteiger partial charge is 0.310 e. The SMILES string of the molecule is COC(=O)C(CN)C(C)(C)C.Cl. The van der Waals surface area contributed by atoms with Crippen molar-refractivity contribution in [2.24, 2.45) is 17.1 Å². The first kappa shape index (κ1) is 14.3. The predicted octanol–water partition coefficient (Wildman–Crippen LogP) is 1.20. The highest BCUT2D eigenvalue weighted by Crippen LogP contribution is 2.25. The maximum absolute atomic E-state index is 11.1. The molecular formula is C8H18ClNO2. The summed E-state index contributed by atoms with van der Waals surface area (Å²) < 4.78 is 4.61. The van der Waals surface area contributed by atoms with Crippen molar-refractivity contribution in [3.05, 3.63) is 0 Å². The van der Waals surface area contributed by atoms with Crippen LogP contribution in [0.2, 0.25) is 0 Å². The molecule has 0 fully saturated rings. The predicted molar refractivity (Wildman–Crippen MR) is 51.3 cm³/mol. The van der Waals surface area contributed by atoms with Gasteiger partial charge in [-0.3, -0.25) is 4.79 Å². The molecule has 0 aliphatic heterocycles. The van der Waals surface area contributed by atoms with E-state index in [9.17, 15) is 4.79 Å². The summed E-state index contributed by atoms with van der Waals surface area (Å²) in [5.41, 5.74) is 5.33. The Morgan fingerprint density at radius 2 is 1.92 bits per heavy atom. The Bertz CT molecular complexity index is 142. The minimum atomic E-state index is -0.222. The Kier molecular flexibility index (Phi) is 6.39. The van der Waals surface area contributed by atoms with Crippen LogP contribution in [0.5, 0.6) is 0 Å². The second-order valence-corrected chi connectivity index (χ2v) is 3.68. The first-order chi connectivity index (χ1) is 4.93. The molecule has 0 spiro atoms. The third-order valence-electron chi connectivity index (χ3n) is 1.77. The van der Waals surface area contributed by atoms with Crippen LogP contribution >= 0.6 is 12.4 Å². The van der Waals surface area contributed by atoms with Gasteiger partial charge < -0.3 is 10.5 Å². The first-order valence-corrected chi connectivity index (χ1v) is 3.71. The van der Waals surface area contributed by atoms with Crippen LogP contribution in [0.15, 0.2) is 0 Å². The van der Waals surface area contributed by atoms with E-state index in [4.69, 9.17) is 5.73 Å². The number of hydrogen-bond acceptors (Lipinski definition) is 3. The minimum Gasteiger partial charge on any atom is -0.469 e. The van der Waals surface area contributed by atoms with Gasteiger partial charge in [0.1, 0.15) is 0 Å². The second kappa shape index (κ2) is 5.38. The number of halogens is 1. The summed E-state index contributed by atoms with van der Waals surface area (Å²) in [6, 6.07) is 0. The molecule has 3 nitrogen and oxygen atoms in total. The van der Waals surface area contributed by atoms with Crippen molar-refractivity contribution in [3.8, 4) is 0 Å². The maximum atomic E-state index is 11.1. The van der Waals surface area contributed by atoms with Crippen LogP contribution in [-0.2, 0) is 9.53 Å². The third-order valence-corrected chi connectivity index (χ3v) is 1.77. The van der Waals surface area contributed by atoms with Crippen LogP contribution in [-0.4, -0.2) is 19.6 Å². The van der Waals surface area contributed by atoms with Gasteiger partial charge in [-0.05, 0) is 5.41 Å². The van der Waals surface area contributed by atoms with Gasteiger partial charge in [0.2, 0.25) is 0 Å². The lowest BCUT2D eigenvalue weighted by Gasteiger charge is -2.26. The zero-order chi connectivity index (χ0) is 9.07. The van der Waals surface area contributed by atoms with Gasteiger partial charge in [-0.1, -0.05) is 20.8 Å². The van der Waals surface area contributed by atoms with Crippen molar-refractivity contribution < 1.29 is 9.53 Å². The van der Waals surface area contributed by atoms with Crippen molar-refractivity contribution in [3.63, 3.8) is 0 Å². The fraction of sp³-hybridized carbons (Fsp3) is 0.875. The van der Waals surface area contributed by atoms with Crippen LogP contribution in [0.25, 0.3) is 0 Å². The van der Waals surface area contributed by atoms with Crippen molar-refractivity contribution in [1.82, 2.24) is 0 Å². The van der Waals surface area contributed by atoms with Crippen LogP contribution in [0.3, 0.4) is 0 Å². The molecule has 0 rings (SSSR count). The summed E-state index contributed by atoms with van der Waals surface area (Å²) in [7, 11) is 1.39. The summed E-state index contributed by atoms with van der Waals surface area (Å²) in [4.78, 5) is 11.1. The van der Waals surface area contributed by atoms with E-state index in [-0.39, 0.29) is 29.7 Å². The molecule has 74 valence electrons. The van der Waals surface area contributed by atoms with Crippen LogP contribution in [0, 0.1) is 11.3 Å². The molecule has 0 saturated carbocycles. The van der Waals surface area contributed by atoms with E-state index in [2.05, 4.69) is 4.74 Å². The zero-order valence-electron chi connectivity index (χ0n) is 8.09. The Morgan fingerprint density at radius 1 is 1.50 bits per heavy atom. The summed E-state index contributed by atoms with van der Waals surface area (Å²) in [6.07, 6.45) is 0. The van der Waals surface area contributed by atoms with Gasteiger partial charge in [-0.2, -0.15) is 0 Å². The average Bonchev–Trinajstić information content (AvgIpc) is 1.86. The van der Waals surface area contributed by atoms with Crippen molar-refractivity contribution in [2.45, 2.75) is 20.8 Å². The van der Waals surface area contributed by atoms with Gasteiger partial charge in [0.05, 0.1) is 13.0 Å². The number of rotatable bonds is 2. The monoisotopic (exact) mass is 195 g/mol. The van der Waals surface area contributed by atoms with Gasteiger partial charge in [0.25, 0.3) is 0 Å². The minimum absolute atomic E-state index is 0. The van der Waals surface area contributed by atoms with Gasteiger partial charge in [-0.15, -0.1) is 12.4 Å². The molecule has 1 atom stereocenters. The third kappa shape index (κ3) is 3.93. The Balaban J connectivity index is 0.